The Morgan fingerprint density at radius 2 is 1.64 bits per heavy atom. The molecule has 0 bridgehead atoms. The van der Waals surface area contributed by atoms with Gasteiger partial charge in [-0.2, -0.15) is 0 Å². The van der Waals surface area contributed by atoms with Crippen molar-refractivity contribution in [2.75, 3.05) is 14.2 Å². The monoisotopic (exact) mass is 463 g/mol. The van der Waals surface area contributed by atoms with Gasteiger partial charge < -0.3 is 19.5 Å². The van der Waals surface area contributed by atoms with Crippen molar-refractivity contribution in [3.8, 4) is 5.75 Å². The first-order valence-electron chi connectivity index (χ1n) is 9.96. The molecule has 10 heteroatoms. The molecule has 3 N–H and O–H groups in total. The van der Waals surface area contributed by atoms with Crippen molar-refractivity contribution in [1.29, 1.82) is 5.41 Å². The van der Waals surface area contributed by atoms with Crippen LogP contribution < -0.4 is 15.4 Å². The zero-order valence-electron chi connectivity index (χ0n) is 19.0. The van der Waals surface area contributed by atoms with Crippen LogP contribution in [0.15, 0.2) is 36.4 Å². The Kier molecular flexibility index (Phi) is 8.47. The molecule has 0 saturated carbocycles. The molecule has 1 atom stereocenters. The first-order valence-corrected chi connectivity index (χ1v) is 9.96. The number of ether oxygens (including phenoxy) is 3. The number of carbonyl (C=O) groups excluding carboxylic acids is 2. The van der Waals surface area contributed by atoms with Gasteiger partial charge in [0.2, 0.25) is 0 Å². The van der Waals surface area contributed by atoms with Crippen molar-refractivity contribution in [2.45, 2.75) is 39.0 Å². The van der Waals surface area contributed by atoms with E-state index in [2.05, 4.69) is 10.6 Å². The van der Waals surface area contributed by atoms with Gasteiger partial charge in [-0.15, -0.1) is 0 Å². The van der Waals surface area contributed by atoms with Crippen molar-refractivity contribution < 1.29 is 32.6 Å². The minimum Gasteiger partial charge on any atom is -0.497 e. The molecule has 0 aliphatic rings. The first-order chi connectivity index (χ1) is 15.4. The van der Waals surface area contributed by atoms with Gasteiger partial charge in [-0.05, 0) is 26.3 Å². The second-order valence-electron chi connectivity index (χ2n) is 8.04. The molecule has 0 aliphatic carbocycles. The normalized spacial score (nSPS) is 12.0. The SMILES string of the molecule is COc1cc(F)c([C@@H](OC)C(=O)NCc2ccc(C(=N)NC(=O)OC(C)(C)C)cc2)c(F)c1. The van der Waals surface area contributed by atoms with Crippen LogP contribution in [-0.2, 0) is 20.8 Å². The number of halogens is 2. The summed E-state index contributed by atoms with van der Waals surface area (Å²) < 4.78 is 43.6. The lowest BCUT2D eigenvalue weighted by Gasteiger charge is -2.20. The number of alkyl carbamates (subject to hydrolysis) is 1. The van der Waals surface area contributed by atoms with Gasteiger partial charge in [0.25, 0.3) is 5.91 Å². The fraction of sp³-hybridized carbons (Fsp3) is 0.348. The van der Waals surface area contributed by atoms with E-state index >= 15 is 0 Å². The number of amides is 2. The average molecular weight is 463 g/mol. The van der Waals surface area contributed by atoms with Gasteiger partial charge in [-0.1, -0.05) is 24.3 Å². The summed E-state index contributed by atoms with van der Waals surface area (Å²) >= 11 is 0. The Morgan fingerprint density at radius 1 is 1.06 bits per heavy atom. The number of carbonyl (C=O) groups is 2. The van der Waals surface area contributed by atoms with E-state index in [1.165, 1.54) is 14.2 Å². The van der Waals surface area contributed by atoms with Crippen LogP contribution in [0.1, 0.15) is 43.6 Å². The lowest BCUT2D eigenvalue weighted by atomic mass is 10.1. The van der Waals surface area contributed by atoms with Crippen LogP contribution in [0.2, 0.25) is 0 Å². The van der Waals surface area contributed by atoms with Crippen LogP contribution in [-0.4, -0.2) is 37.7 Å². The van der Waals surface area contributed by atoms with Crippen molar-refractivity contribution in [3.63, 3.8) is 0 Å². The van der Waals surface area contributed by atoms with E-state index in [1.54, 1.807) is 45.0 Å². The van der Waals surface area contributed by atoms with E-state index in [4.69, 9.17) is 19.6 Å². The van der Waals surface area contributed by atoms with Crippen LogP contribution >= 0.6 is 0 Å². The summed E-state index contributed by atoms with van der Waals surface area (Å²) in [6.07, 6.45) is -2.24. The zero-order valence-corrected chi connectivity index (χ0v) is 19.0. The number of hydrogen-bond acceptors (Lipinski definition) is 6. The van der Waals surface area contributed by atoms with E-state index in [-0.39, 0.29) is 18.1 Å². The summed E-state index contributed by atoms with van der Waals surface area (Å²) in [6, 6.07) is 8.37. The Balaban J connectivity index is 2.01. The molecule has 2 aromatic carbocycles. The van der Waals surface area contributed by atoms with Gasteiger partial charge in [0.1, 0.15) is 28.8 Å². The highest BCUT2D eigenvalue weighted by molar-refractivity contribution is 6.04. The lowest BCUT2D eigenvalue weighted by molar-refractivity contribution is -0.131. The molecule has 0 radical (unpaired) electrons. The molecule has 2 rings (SSSR count). The smallest absolute Gasteiger partial charge is 0.413 e. The molecule has 0 aliphatic heterocycles. The van der Waals surface area contributed by atoms with E-state index in [0.717, 1.165) is 12.1 Å². The molecule has 178 valence electrons. The van der Waals surface area contributed by atoms with E-state index in [9.17, 15) is 18.4 Å². The summed E-state index contributed by atoms with van der Waals surface area (Å²) in [7, 11) is 2.44. The molecular weight excluding hydrogens is 436 g/mol. The average Bonchev–Trinajstić information content (AvgIpc) is 2.73. The number of amidine groups is 1. The van der Waals surface area contributed by atoms with Crippen molar-refractivity contribution in [1.82, 2.24) is 10.6 Å². The van der Waals surface area contributed by atoms with E-state index in [0.29, 0.717) is 11.1 Å². The quantitative estimate of drug-likeness (QED) is 0.427. The Morgan fingerprint density at radius 3 is 2.12 bits per heavy atom. The highest BCUT2D eigenvalue weighted by Gasteiger charge is 2.27. The third kappa shape index (κ3) is 7.25. The third-order valence-corrected chi connectivity index (χ3v) is 4.36. The molecule has 2 aromatic rings. The number of rotatable bonds is 7. The summed E-state index contributed by atoms with van der Waals surface area (Å²) in [4.78, 5) is 24.3. The minimum absolute atomic E-state index is 0.0178. The molecule has 33 heavy (non-hydrogen) atoms. The van der Waals surface area contributed by atoms with Crippen molar-refractivity contribution in [3.05, 3.63) is 64.7 Å². The predicted octanol–water partition coefficient (Wildman–Crippen LogP) is 3.83. The fourth-order valence-electron chi connectivity index (χ4n) is 2.83. The van der Waals surface area contributed by atoms with Gasteiger partial charge in [-0.25, -0.2) is 13.6 Å². The topological polar surface area (TPSA) is 110 Å². The second kappa shape index (κ2) is 10.9. The Labute approximate surface area is 190 Å². The lowest BCUT2D eigenvalue weighted by Crippen LogP contribution is -2.36. The Hall–Kier alpha value is -3.53. The summed E-state index contributed by atoms with van der Waals surface area (Å²) in [5.41, 5.74) is -0.131. The van der Waals surface area contributed by atoms with Crippen molar-refractivity contribution >= 4 is 17.8 Å². The maximum absolute atomic E-state index is 14.3. The molecule has 0 saturated heterocycles. The number of nitrogens with one attached hydrogen (secondary N) is 3. The molecule has 0 aromatic heterocycles. The number of hydrogen-bond donors (Lipinski definition) is 3. The highest BCUT2D eigenvalue weighted by atomic mass is 19.1. The molecule has 2 amide bonds. The fourth-order valence-corrected chi connectivity index (χ4v) is 2.83. The second-order valence-corrected chi connectivity index (χ2v) is 8.04. The molecule has 0 heterocycles. The largest absolute Gasteiger partial charge is 0.497 e. The van der Waals surface area contributed by atoms with Crippen LogP contribution in [0, 0.1) is 17.0 Å². The van der Waals surface area contributed by atoms with Crippen molar-refractivity contribution in [2.24, 2.45) is 0 Å². The maximum Gasteiger partial charge on any atom is 0.413 e. The number of benzene rings is 2. The van der Waals surface area contributed by atoms with Gasteiger partial charge >= 0.3 is 6.09 Å². The molecule has 0 spiro atoms. The highest BCUT2D eigenvalue weighted by Crippen LogP contribution is 2.28. The van der Waals surface area contributed by atoms with Gasteiger partial charge in [0, 0.05) is 31.4 Å². The molecule has 0 fully saturated rings. The van der Waals surface area contributed by atoms with Gasteiger partial charge in [0.05, 0.1) is 12.7 Å². The van der Waals surface area contributed by atoms with E-state index in [1.807, 2.05) is 0 Å². The van der Waals surface area contributed by atoms with Gasteiger partial charge in [0.15, 0.2) is 6.10 Å². The third-order valence-electron chi connectivity index (χ3n) is 4.36. The summed E-state index contributed by atoms with van der Waals surface area (Å²) in [5.74, 6) is -2.83. The molecular formula is C23H27F2N3O5. The van der Waals surface area contributed by atoms with Crippen LogP contribution in [0.25, 0.3) is 0 Å². The molecule has 8 nitrogen and oxygen atoms in total. The summed E-state index contributed by atoms with van der Waals surface area (Å²) in [5, 5.41) is 12.9. The van der Waals surface area contributed by atoms with Gasteiger partial charge in [-0.3, -0.25) is 15.5 Å². The standard InChI is InChI=1S/C23H27F2N3O5/c1-23(2,3)33-22(30)28-20(26)14-8-6-13(7-9-14)12-27-21(29)19(32-5)18-16(24)10-15(31-4)11-17(18)25/h6-11,19H,12H2,1-5H3,(H,27,29)(H2,26,28,30)/t19-/m1/s1. The zero-order chi connectivity index (χ0) is 24.8. The van der Waals surface area contributed by atoms with Crippen LogP contribution in [0.5, 0.6) is 5.75 Å². The number of methoxy groups -OCH3 is 2. The first kappa shape index (κ1) is 25.7. The maximum atomic E-state index is 14.3. The van der Waals surface area contributed by atoms with Crippen LogP contribution in [0.4, 0.5) is 13.6 Å². The molecule has 0 unspecified atom stereocenters. The van der Waals surface area contributed by atoms with E-state index < -0.39 is 40.9 Å². The Bertz CT molecular complexity index is 997. The minimum atomic E-state index is -1.50. The predicted molar refractivity (Wildman–Crippen MR) is 117 cm³/mol. The summed E-state index contributed by atoms with van der Waals surface area (Å²) in [6.45, 7) is 5.19. The van der Waals surface area contributed by atoms with Crippen LogP contribution in [0.3, 0.4) is 0 Å².